The quantitative estimate of drug-likeness (QED) is 0.819. The Kier molecular flexibility index (Phi) is 3.33. The van der Waals surface area contributed by atoms with Crippen molar-refractivity contribution < 1.29 is 14.7 Å². The zero-order valence-electron chi connectivity index (χ0n) is 12.8. The molecule has 1 aliphatic heterocycles. The molecule has 2 aliphatic rings. The summed E-state index contributed by atoms with van der Waals surface area (Å²) in [7, 11) is 0. The third-order valence-corrected chi connectivity index (χ3v) is 5.33. The van der Waals surface area contributed by atoms with Gasteiger partial charge in [0.1, 0.15) is 0 Å². The predicted octanol–water partition coefficient (Wildman–Crippen LogP) is 4.15. The minimum atomic E-state index is -0.666. The van der Waals surface area contributed by atoms with Crippen molar-refractivity contribution in [3.8, 4) is 0 Å². The van der Waals surface area contributed by atoms with E-state index >= 15 is 0 Å². The number of rotatable bonds is 2. The highest BCUT2D eigenvalue weighted by Gasteiger charge is 2.28. The van der Waals surface area contributed by atoms with E-state index in [2.05, 4.69) is 17.4 Å². The standard InChI is InChI=1S/C19H19NO3/c21-18-15-10-9-13(14-5-2-6-16(20-18)17(14)15)11-3-1-4-12(8-7-11)19(22)23/h2,5-6,9-12H,1,3-4,7-8H2,(H,20,21)(H,22,23). The van der Waals surface area contributed by atoms with Crippen LogP contribution in [0.2, 0.25) is 0 Å². The lowest BCUT2D eigenvalue weighted by atomic mass is 9.86. The highest BCUT2D eigenvalue weighted by atomic mass is 16.4. The molecule has 1 fully saturated rings. The van der Waals surface area contributed by atoms with Crippen molar-refractivity contribution in [2.45, 2.75) is 38.0 Å². The molecule has 2 atom stereocenters. The number of carboxylic acid groups (broad SMARTS) is 1. The molecule has 4 rings (SSSR count). The van der Waals surface area contributed by atoms with E-state index in [1.165, 1.54) is 5.56 Å². The zero-order chi connectivity index (χ0) is 16.0. The van der Waals surface area contributed by atoms with E-state index < -0.39 is 5.97 Å². The number of anilines is 1. The van der Waals surface area contributed by atoms with Crippen LogP contribution in [-0.2, 0) is 4.79 Å². The van der Waals surface area contributed by atoms with Crippen LogP contribution in [0.3, 0.4) is 0 Å². The van der Waals surface area contributed by atoms with Crippen LogP contribution in [0.1, 0.15) is 53.9 Å². The number of aliphatic carboxylic acids is 1. The first-order chi connectivity index (χ1) is 11.1. The normalized spacial score (nSPS) is 23.6. The molecular weight excluding hydrogens is 290 g/mol. The summed E-state index contributed by atoms with van der Waals surface area (Å²) >= 11 is 0. The van der Waals surface area contributed by atoms with E-state index in [4.69, 9.17) is 0 Å². The van der Waals surface area contributed by atoms with Crippen LogP contribution in [0.15, 0.2) is 30.3 Å². The number of carboxylic acids is 1. The van der Waals surface area contributed by atoms with Gasteiger partial charge in [0.05, 0.1) is 5.92 Å². The number of benzene rings is 2. The van der Waals surface area contributed by atoms with Crippen LogP contribution in [0.5, 0.6) is 0 Å². The molecule has 0 aromatic heterocycles. The molecule has 1 saturated carbocycles. The van der Waals surface area contributed by atoms with Crippen molar-refractivity contribution in [3.05, 3.63) is 41.5 Å². The second-order valence-electron chi connectivity index (χ2n) is 6.62. The summed E-state index contributed by atoms with van der Waals surface area (Å²) < 4.78 is 0. The van der Waals surface area contributed by atoms with Gasteiger partial charge in [-0.25, -0.2) is 0 Å². The molecule has 118 valence electrons. The Balaban J connectivity index is 1.74. The van der Waals surface area contributed by atoms with Crippen molar-refractivity contribution >= 4 is 28.3 Å². The highest BCUT2D eigenvalue weighted by molar-refractivity contribution is 6.24. The molecule has 1 aliphatic carbocycles. The SMILES string of the molecule is O=C1Nc2cccc3c(C4CCCC(C(=O)O)CC4)ccc1c23. The topological polar surface area (TPSA) is 66.4 Å². The van der Waals surface area contributed by atoms with E-state index in [-0.39, 0.29) is 11.8 Å². The second-order valence-corrected chi connectivity index (χ2v) is 6.62. The molecule has 23 heavy (non-hydrogen) atoms. The molecule has 0 bridgehead atoms. The van der Waals surface area contributed by atoms with Gasteiger partial charge in [0.15, 0.2) is 0 Å². The number of amides is 1. The maximum absolute atomic E-state index is 12.0. The molecule has 0 spiro atoms. The summed E-state index contributed by atoms with van der Waals surface area (Å²) in [4.78, 5) is 23.3. The van der Waals surface area contributed by atoms with Crippen molar-refractivity contribution in [3.63, 3.8) is 0 Å². The Hall–Kier alpha value is -2.36. The van der Waals surface area contributed by atoms with Crippen LogP contribution in [0.25, 0.3) is 10.8 Å². The predicted molar refractivity (Wildman–Crippen MR) is 88.9 cm³/mol. The van der Waals surface area contributed by atoms with Gasteiger partial charge in [-0.1, -0.05) is 24.6 Å². The van der Waals surface area contributed by atoms with Gasteiger partial charge in [0.25, 0.3) is 5.91 Å². The minimum Gasteiger partial charge on any atom is -0.481 e. The monoisotopic (exact) mass is 309 g/mol. The summed E-state index contributed by atoms with van der Waals surface area (Å²) in [5.41, 5.74) is 2.89. The van der Waals surface area contributed by atoms with Gasteiger partial charge < -0.3 is 10.4 Å². The van der Waals surface area contributed by atoms with Gasteiger partial charge in [0, 0.05) is 16.6 Å². The minimum absolute atomic E-state index is 0.0328. The lowest BCUT2D eigenvalue weighted by Crippen LogP contribution is -2.12. The van der Waals surface area contributed by atoms with Gasteiger partial charge in [-0.15, -0.1) is 0 Å². The number of carbonyl (C=O) groups excluding carboxylic acids is 1. The van der Waals surface area contributed by atoms with Crippen LogP contribution in [0, 0.1) is 5.92 Å². The fourth-order valence-electron chi connectivity index (χ4n) is 4.13. The smallest absolute Gasteiger partial charge is 0.306 e. The summed E-state index contributed by atoms with van der Waals surface area (Å²) in [5, 5.41) is 14.3. The molecule has 0 radical (unpaired) electrons. The first kappa shape index (κ1) is 14.2. The largest absolute Gasteiger partial charge is 0.481 e. The van der Waals surface area contributed by atoms with E-state index in [9.17, 15) is 14.7 Å². The second kappa shape index (κ2) is 5.37. The van der Waals surface area contributed by atoms with Gasteiger partial charge in [0.2, 0.25) is 0 Å². The first-order valence-corrected chi connectivity index (χ1v) is 8.25. The number of hydrogen-bond acceptors (Lipinski definition) is 2. The Labute approximate surface area is 134 Å². The van der Waals surface area contributed by atoms with E-state index in [1.807, 2.05) is 18.2 Å². The van der Waals surface area contributed by atoms with E-state index in [0.29, 0.717) is 5.92 Å². The van der Waals surface area contributed by atoms with Crippen LogP contribution in [0.4, 0.5) is 5.69 Å². The number of hydrogen-bond donors (Lipinski definition) is 2. The van der Waals surface area contributed by atoms with Gasteiger partial charge in [-0.05, 0) is 54.7 Å². The number of carbonyl (C=O) groups is 2. The van der Waals surface area contributed by atoms with Crippen LogP contribution in [-0.4, -0.2) is 17.0 Å². The lowest BCUT2D eigenvalue weighted by Gasteiger charge is -2.17. The van der Waals surface area contributed by atoms with E-state index in [1.54, 1.807) is 0 Å². The molecule has 2 unspecified atom stereocenters. The third-order valence-electron chi connectivity index (χ3n) is 5.33. The van der Waals surface area contributed by atoms with Crippen molar-refractivity contribution in [1.82, 2.24) is 0 Å². The van der Waals surface area contributed by atoms with Crippen molar-refractivity contribution in [2.24, 2.45) is 5.92 Å². The summed E-state index contributed by atoms with van der Waals surface area (Å²) in [6, 6.07) is 9.99. The van der Waals surface area contributed by atoms with Crippen LogP contribution < -0.4 is 5.32 Å². The Morgan fingerprint density at radius 2 is 1.96 bits per heavy atom. The summed E-state index contributed by atoms with van der Waals surface area (Å²) in [6.07, 6.45) is 4.37. The van der Waals surface area contributed by atoms with Gasteiger partial charge >= 0.3 is 5.97 Å². The molecule has 1 amide bonds. The number of nitrogens with one attached hydrogen (secondary N) is 1. The van der Waals surface area contributed by atoms with Gasteiger partial charge in [-0.2, -0.15) is 0 Å². The maximum atomic E-state index is 12.0. The van der Waals surface area contributed by atoms with Crippen molar-refractivity contribution in [1.29, 1.82) is 0 Å². The first-order valence-electron chi connectivity index (χ1n) is 8.25. The van der Waals surface area contributed by atoms with E-state index in [0.717, 1.165) is 54.1 Å². The Morgan fingerprint density at radius 1 is 1.09 bits per heavy atom. The highest BCUT2D eigenvalue weighted by Crippen LogP contribution is 2.41. The van der Waals surface area contributed by atoms with Crippen molar-refractivity contribution in [2.75, 3.05) is 5.32 Å². The molecular formula is C19H19NO3. The average Bonchev–Trinajstić information content (AvgIpc) is 2.74. The van der Waals surface area contributed by atoms with Gasteiger partial charge in [-0.3, -0.25) is 9.59 Å². The molecule has 0 saturated heterocycles. The Bertz CT molecular complexity index is 812. The summed E-state index contributed by atoms with van der Waals surface area (Å²) in [5.74, 6) is -0.533. The summed E-state index contributed by atoms with van der Waals surface area (Å²) in [6.45, 7) is 0. The molecule has 1 heterocycles. The fourth-order valence-corrected chi connectivity index (χ4v) is 4.13. The zero-order valence-corrected chi connectivity index (χ0v) is 12.8. The molecule has 2 aromatic carbocycles. The maximum Gasteiger partial charge on any atom is 0.306 e. The molecule has 2 N–H and O–H groups in total. The molecule has 4 heteroatoms. The average molecular weight is 309 g/mol. The van der Waals surface area contributed by atoms with Crippen LogP contribution >= 0.6 is 0 Å². The molecule has 2 aromatic rings. The fraction of sp³-hybridized carbons (Fsp3) is 0.368. The Morgan fingerprint density at radius 3 is 2.78 bits per heavy atom. The third kappa shape index (κ3) is 2.29. The molecule has 4 nitrogen and oxygen atoms in total. The lowest BCUT2D eigenvalue weighted by molar-refractivity contribution is -0.142.